The van der Waals surface area contributed by atoms with Gasteiger partial charge in [-0.15, -0.1) is 11.8 Å². The molecular formula is C15H17NOS. The van der Waals surface area contributed by atoms with Crippen molar-refractivity contribution in [1.29, 1.82) is 0 Å². The van der Waals surface area contributed by atoms with Gasteiger partial charge in [0.1, 0.15) is 0 Å². The van der Waals surface area contributed by atoms with Gasteiger partial charge < -0.3 is 4.90 Å². The van der Waals surface area contributed by atoms with E-state index in [4.69, 9.17) is 0 Å². The van der Waals surface area contributed by atoms with Gasteiger partial charge in [-0.3, -0.25) is 4.79 Å². The van der Waals surface area contributed by atoms with Gasteiger partial charge in [0.25, 0.3) is 0 Å². The average molecular weight is 259 g/mol. The summed E-state index contributed by atoms with van der Waals surface area (Å²) in [5.41, 5.74) is 0.678. The summed E-state index contributed by atoms with van der Waals surface area (Å²) < 4.78 is 0. The second-order valence-electron chi connectivity index (χ2n) is 4.34. The lowest BCUT2D eigenvalue weighted by molar-refractivity contribution is 0.105. The van der Waals surface area contributed by atoms with Crippen LogP contribution in [0.5, 0.6) is 0 Å². The van der Waals surface area contributed by atoms with Crippen molar-refractivity contribution in [3.8, 4) is 12.0 Å². The lowest BCUT2D eigenvalue weighted by Gasteiger charge is -2.21. The fraction of sp³-hybridized carbons (Fsp3) is 0.400. The summed E-state index contributed by atoms with van der Waals surface area (Å²) in [6.07, 6.45) is 5.67. The third-order valence-electron chi connectivity index (χ3n) is 3.04. The van der Waals surface area contributed by atoms with Gasteiger partial charge in [-0.2, -0.15) is 0 Å². The Kier molecular flexibility index (Phi) is 4.72. The van der Waals surface area contributed by atoms with E-state index in [0.29, 0.717) is 5.56 Å². The van der Waals surface area contributed by atoms with Crippen LogP contribution in [0.15, 0.2) is 29.2 Å². The lowest BCUT2D eigenvalue weighted by atomic mass is 10.1. The SMILES string of the molecule is CSc1ccc(C(=O)C#CN2CCCCC2)cc1. The maximum Gasteiger partial charge on any atom is 0.237 e. The summed E-state index contributed by atoms with van der Waals surface area (Å²) in [7, 11) is 0. The molecule has 1 fully saturated rings. The zero-order chi connectivity index (χ0) is 12.8. The van der Waals surface area contributed by atoms with Gasteiger partial charge >= 0.3 is 0 Å². The molecule has 0 bridgehead atoms. The summed E-state index contributed by atoms with van der Waals surface area (Å²) in [4.78, 5) is 15.1. The highest BCUT2D eigenvalue weighted by Gasteiger charge is 2.06. The molecule has 0 aliphatic carbocycles. The van der Waals surface area contributed by atoms with Crippen molar-refractivity contribution in [1.82, 2.24) is 4.90 Å². The standard InChI is InChI=1S/C15H17NOS/c1-18-14-7-5-13(6-8-14)15(17)9-12-16-10-3-2-4-11-16/h5-8H,2-4,10-11H2,1H3. The monoisotopic (exact) mass is 259 g/mol. The van der Waals surface area contributed by atoms with Crippen molar-refractivity contribution in [2.45, 2.75) is 24.2 Å². The number of nitrogens with zero attached hydrogens (tertiary/aromatic N) is 1. The Morgan fingerprint density at radius 1 is 1.17 bits per heavy atom. The maximum atomic E-state index is 11.9. The first-order valence-electron chi connectivity index (χ1n) is 6.24. The van der Waals surface area contributed by atoms with E-state index in [2.05, 4.69) is 16.9 Å². The van der Waals surface area contributed by atoms with E-state index in [9.17, 15) is 4.79 Å². The van der Waals surface area contributed by atoms with Gasteiger partial charge in [0.15, 0.2) is 0 Å². The third-order valence-corrected chi connectivity index (χ3v) is 3.78. The Morgan fingerprint density at radius 2 is 1.83 bits per heavy atom. The van der Waals surface area contributed by atoms with Gasteiger partial charge in [0.2, 0.25) is 5.78 Å². The van der Waals surface area contributed by atoms with Crippen LogP contribution in [0.4, 0.5) is 0 Å². The van der Waals surface area contributed by atoms with E-state index < -0.39 is 0 Å². The summed E-state index contributed by atoms with van der Waals surface area (Å²) >= 11 is 1.67. The summed E-state index contributed by atoms with van der Waals surface area (Å²) in [5, 5.41) is 0. The molecule has 1 aliphatic rings. The normalized spacial score (nSPS) is 14.8. The summed E-state index contributed by atoms with van der Waals surface area (Å²) in [6, 6.07) is 10.6. The van der Waals surface area contributed by atoms with Gasteiger partial charge in [0, 0.05) is 29.6 Å². The number of hydrogen-bond donors (Lipinski definition) is 0. The Bertz CT molecular complexity index is 464. The first-order chi connectivity index (χ1) is 8.79. The number of piperidine rings is 1. The van der Waals surface area contributed by atoms with Crippen molar-refractivity contribution in [3.63, 3.8) is 0 Å². The van der Waals surface area contributed by atoms with Crippen LogP contribution in [0.25, 0.3) is 0 Å². The molecule has 1 aliphatic heterocycles. The first-order valence-corrected chi connectivity index (χ1v) is 7.47. The molecular weight excluding hydrogens is 242 g/mol. The van der Waals surface area contributed by atoms with Crippen LogP contribution in [-0.2, 0) is 0 Å². The van der Waals surface area contributed by atoms with Crippen molar-refractivity contribution >= 4 is 17.5 Å². The summed E-state index contributed by atoms with van der Waals surface area (Å²) in [5.74, 6) is 2.65. The van der Waals surface area contributed by atoms with Gasteiger partial charge in [-0.05, 0) is 55.7 Å². The van der Waals surface area contributed by atoms with E-state index in [0.717, 1.165) is 18.0 Å². The Hall–Kier alpha value is -1.40. The zero-order valence-electron chi connectivity index (χ0n) is 10.6. The van der Waals surface area contributed by atoms with Gasteiger partial charge in [-0.1, -0.05) is 0 Å². The van der Waals surface area contributed by atoms with Crippen LogP contribution in [0.2, 0.25) is 0 Å². The molecule has 2 rings (SSSR count). The Morgan fingerprint density at radius 3 is 2.44 bits per heavy atom. The largest absolute Gasteiger partial charge is 0.332 e. The predicted octanol–water partition coefficient (Wildman–Crippen LogP) is 3.04. The number of carbonyl (C=O) groups excluding carboxylic acids is 1. The first kappa shape index (κ1) is 13.0. The van der Waals surface area contributed by atoms with Crippen LogP contribution >= 0.6 is 11.8 Å². The number of hydrogen-bond acceptors (Lipinski definition) is 3. The molecule has 0 saturated carbocycles. The molecule has 1 aromatic carbocycles. The second kappa shape index (κ2) is 6.51. The molecule has 0 aromatic heterocycles. The molecule has 1 heterocycles. The van der Waals surface area contributed by atoms with E-state index in [1.165, 1.54) is 19.3 Å². The van der Waals surface area contributed by atoms with Crippen LogP contribution in [0.3, 0.4) is 0 Å². The van der Waals surface area contributed by atoms with E-state index >= 15 is 0 Å². The molecule has 0 amide bonds. The van der Waals surface area contributed by atoms with Crippen LogP contribution < -0.4 is 0 Å². The van der Waals surface area contributed by atoms with E-state index in [1.54, 1.807) is 11.8 Å². The van der Waals surface area contributed by atoms with Crippen LogP contribution in [0.1, 0.15) is 29.6 Å². The molecule has 0 atom stereocenters. The van der Waals surface area contributed by atoms with Crippen molar-refractivity contribution in [2.75, 3.05) is 19.3 Å². The van der Waals surface area contributed by atoms with Crippen LogP contribution in [0, 0.1) is 12.0 Å². The number of benzene rings is 1. The molecule has 2 nitrogen and oxygen atoms in total. The number of thioether (sulfide) groups is 1. The minimum atomic E-state index is -0.0896. The van der Waals surface area contributed by atoms with Gasteiger partial charge in [0.05, 0.1) is 0 Å². The highest BCUT2D eigenvalue weighted by molar-refractivity contribution is 7.98. The number of likely N-dealkylation sites (tertiary alicyclic amines) is 1. The highest BCUT2D eigenvalue weighted by Crippen LogP contribution is 2.15. The lowest BCUT2D eigenvalue weighted by Crippen LogP contribution is -2.24. The van der Waals surface area contributed by atoms with Crippen LogP contribution in [-0.4, -0.2) is 30.0 Å². The fourth-order valence-corrected chi connectivity index (χ4v) is 2.36. The number of Topliss-reactive ketones (excluding diaryl/α,β-unsaturated/α-hetero) is 1. The molecule has 3 heteroatoms. The quantitative estimate of drug-likeness (QED) is 0.462. The summed E-state index contributed by atoms with van der Waals surface area (Å²) in [6.45, 7) is 1.98. The molecule has 0 spiro atoms. The molecule has 18 heavy (non-hydrogen) atoms. The number of carbonyl (C=O) groups is 1. The highest BCUT2D eigenvalue weighted by atomic mass is 32.2. The molecule has 0 N–H and O–H groups in total. The van der Waals surface area contributed by atoms with Gasteiger partial charge in [-0.25, -0.2) is 0 Å². The second-order valence-corrected chi connectivity index (χ2v) is 5.22. The van der Waals surface area contributed by atoms with E-state index in [-0.39, 0.29) is 5.78 Å². The Balaban J connectivity index is 2.00. The van der Waals surface area contributed by atoms with Crippen molar-refractivity contribution in [2.24, 2.45) is 0 Å². The Labute approximate surface area is 113 Å². The molecule has 94 valence electrons. The maximum absolute atomic E-state index is 11.9. The van der Waals surface area contributed by atoms with Crippen molar-refractivity contribution < 1.29 is 4.79 Å². The third kappa shape index (κ3) is 3.54. The molecule has 1 aromatic rings. The topological polar surface area (TPSA) is 20.3 Å². The minimum absolute atomic E-state index is 0.0896. The predicted molar refractivity (Wildman–Crippen MR) is 75.8 cm³/mol. The fourth-order valence-electron chi connectivity index (χ4n) is 1.95. The minimum Gasteiger partial charge on any atom is -0.332 e. The van der Waals surface area contributed by atoms with E-state index in [1.807, 2.05) is 30.5 Å². The molecule has 0 radical (unpaired) electrons. The number of ketones is 1. The molecule has 0 unspecified atom stereocenters. The number of rotatable bonds is 2. The smallest absolute Gasteiger partial charge is 0.237 e. The molecule has 1 saturated heterocycles. The van der Waals surface area contributed by atoms with Crippen molar-refractivity contribution in [3.05, 3.63) is 29.8 Å². The zero-order valence-corrected chi connectivity index (χ0v) is 11.4. The average Bonchev–Trinajstić information content (AvgIpc) is 2.46.